The summed E-state index contributed by atoms with van der Waals surface area (Å²) in [6, 6.07) is 11.6. The van der Waals surface area contributed by atoms with Gasteiger partial charge in [0.1, 0.15) is 11.5 Å². The lowest BCUT2D eigenvalue weighted by Gasteiger charge is -2.16. The first-order valence-electron chi connectivity index (χ1n) is 10.1. The van der Waals surface area contributed by atoms with Gasteiger partial charge < -0.3 is 14.6 Å². The van der Waals surface area contributed by atoms with Gasteiger partial charge in [0.05, 0.1) is 41.5 Å². The molecule has 1 N–H and O–H groups in total. The van der Waals surface area contributed by atoms with Gasteiger partial charge in [0, 0.05) is 5.39 Å². The molecule has 3 aromatic rings. The number of hydrogen-bond acceptors (Lipinski definition) is 5. The maximum absolute atomic E-state index is 13.6. The number of nitrogens with zero attached hydrogens (tertiary/aromatic N) is 1. The molecule has 0 aromatic heterocycles. The smallest absolute Gasteiger partial charge is 0.307 e. The number of carboxylic acids is 1. The number of carboxylic acid groups (broad SMARTS) is 1. The summed E-state index contributed by atoms with van der Waals surface area (Å²) < 4.78 is 11.5. The quantitative estimate of drug-likeness (QED) is 0.520. The van der Waals surface area contributed by atoms with E-state index in [9.17, 15) is 14.4 Å². The number of benzene rings is 3. The van der Waals surface area contributed by atoms with Gasteiger partial charge in [0.2, 0.25) is 0 Å². The lowest BCUT2D eigenvalue weighted by Crippen LogP contribution is -2.29. The highest BCUT2D eigenvalue weighted by molar-refractivity contribution is 6.42. The van der Waals surface area contributed by atoms with Crippen molar-refractivity contribution in [1.29, 1.82) is 0 Å². The Morgan fingerprint density at radius 3 is 2.31 bits per heavy atom. The van der Waals surface area contributed by atoms with Gasteiger partial charge in [0.15, 0.2) is 0 Å². The maximum atomic E-state index is 13.6. The van der Waals surface area contributed by atoms with Crippen LogP contribution >= 0.6 is 11.6 Å². The van der Waals surface area contributed by atoms with Gasteiger partial charge in [0.25, 0.3) is 11.8 Å². The van der Waals surface area contributed by atoms with E-state index in [-0.39, 0.29) is 28.3 Å². The first-order valence-corrected chi connectivity index (χ1v) is 10.5. The molecule has 32 heavy (non-hydrogen) atoms. The Hall–Kier alpha value is -3.58. The minimum atomic E-state index is -1.01. The van der Waals surface area contributed by atoms with E-state index in [1.165, 1.54) is 18.2 Å². The Kier molecular flexibility index (Phi) is 5.76. The average Bonchev–Trinajstić information content (AvgIpc) is 2.99. The summed E-state index contributed by atoms with van der Waals surface area (Å²) in [5.41, 5.74) is 0.992. The van der Waals surface area contributed by atoms with Crippen molar-refractivity contribution in [3.05, 3.63) is 64.2 Å². The standard InChI is InChI=1S/C24H20ClNO6/c1-3-31-17-7-5-6-14-12-18(32-4-2)21-22(20(14)17)24(30)26(23(21)29)16-9-8-13(10-15(16)25)11-19(27)28/h5-10,12H,3-4,11H2,1-2H3,(H,27,28). The molecule has 1 heterocycles. The molecule has 0 atom stereocenters. The van der Waals surface area contributed by atoms with E-state index in [4.69, 9.17) is 26.2 Å². The van der Waals surface area contributed by atoms with Crippen molar-refractivity contribution in [2.24, 2.45) is 0 Å². The third kappa shape index (κ3) is 3.54. The normalized spacial score (nSPS) is 12.9. The molecular formula is C24H20ClNO6. The number of aliphatic carboxylic acids is 1. The van der Waals surface area contributed by atoms with E-state index >= 15 is 0 Å². The summed E-state index contributed by atoms with van der Waals surface area (Å²) in [6.45, 7) is 4.34. The zero-order valence-electron chi connectivity index (χ0n) is 17.5. The van der Waals surface area contributed by atoms with E-state index in [0.717, 1.165) is 4.90 Å². The molecule has 8 heteroatoms. The zero-order valence-corrected chi connectivity index (χ0v) is 18.2. The Bertz CT molecular complexity index is 1270. The van der Waals surface area contributed by atoms with E-state index in [2.05, 4.69) is 0 Å². The number of fused-ring (bicyclic) bond motifs is 3. The van der Waals surface area contributed by atoms with E-state index in [0.29, 0.717) is 41.0 Å². The molecule has 0 saturated carbocycles. The van der Waals surface area contributed by atoms with Gasteiger partial charge in [-0.15, -0.1) is 0 Å². The Labute approximate surface area is 189 Å². The molecule has 0 spiro atoms. The van der Waals surface area contributed by atoms with Crippen LogP contribution in [-0.2, 0) is 11.2 Å². The molecular weight excluding hydrogens is 434 g/mol. The lowest BCUT2D eigenvalue weighted by molar-refractivity contribution is -0.136. The number of hydrogen-bond donors (Lipinski definition) is 1. The van der Waals surface area contributed by atoms with Crippen molar-refractivity contribution >= 4 is 45.8 Å². The van der Waals surface area contributed by atoms with Crippen LogP contribution < -0.4 is 14.4 Å². The van der Waals surface area contributed by atoms with Crippen molar-refractivity contribution in [1.82, 2.24) is 0 Å². The van der Waals surface area contributed by atoms with Gasteiger partial charge >= 0.3 is 5.97 Å². The summed E-state index contributed by atoms with van der Waals surface area (Å²) in [5.74, 6) is -1.31. The van der Waals surface area contributed by atoms with Crippen LogP contribution in [0, 0.1) is 0 Å². The number of carbonyl (C=O) groups excluding carboxylic acids is 2. The second-order valence-corrected chi connectivity index (χ2v) is 7.55. The summed E-state index contributed by atoms with van der Waals surface area (Å²) >= 11 is 6.37. The number of imide groups is 1. The van der Waals surface area contributed by atoms with Crippen LogP contribution in [0.3, 0.4) is 0 Å². The fourth-order valence-electron chi connectivity index (χ4n) is 3.92. The maximum Gasteiger partial charge on any atom is 0.307 e. The van der Waals surface area contributed by atoms with Crippen LogP contribution in [0.25, 0.3) is 10.8 Å². The van der Waals surface area contributed by atoms with Gasteiger partial charge in [-0.1, -0.05) is 29.8 Å². The SMILES string of the molecule is CCOc1cc2cccc(OCC)c2c2c1C(=O)N(c1ccc(CC(=O)O)cc1Cl)C2=O. The number of ether oxygens (including phenoxy) is 2. The molecule has 0 aliphatic carbocycles. The summed E-state index contributed by atoms with van der Waals surface area (Å²) in [5, 5.41) is 10.4. The van der Waals surface area contributed by atoms with Crippen molar-refractivity contribution in [2.45, 2.75) is 20.3 Å². The predicted octanol–water partition coefficient (Wildman–Crippen LogP) is 4.72. The Balaban J connectivity index is 1.92. The van der Waals surface area contributed by atoms with E-state index in [1.54, 1.807) is 19.1 Å². The third-order valence-corrected chi connectivity index (χ3v) is 5.44. The lowest BCUT2D eigenvalue weighted by atomic mass is 9.98. The Morgan fingerprint density at radius 1 is 0.969 bits per heavy atom. The number of rotatable bonds is 7. The summed E-state index contributed by atoms with van der Waals surface area (Å²) in [4.78, 5) is 39.1. The first-order chi connectivity index (χ1) is 15.4. The molecule has 0 bridgehead atoms. The van der Waals surface area contributed by atoms with Crippen molar-refractivity contribution < 1.29 is 29.0 Å². The van der Waals surface area contributed by atoms with Crippen molar-refractivity contribution in [2.75, 3.05) is 18.1 Å². The zero-order chi connectivity index (χ0) is 23.0. The van der Waals surface area contributed by atoms with Gasteiger partial charge in [-0.05, 0) is 49.1 Å². The molecule has 0 fully saturated rings. The molecule has 164 valence electrons. The minimum Gasteiger partial charge on any atom is -0.493 e. The van der Waals surface area contributed by atoms with Crippen LogP contribution in [0.15, 0.2) is 42.5 Å². The summed E-state index contributed by atoms with van der Waals surface area (Å²) in [7, 11) is 0. The second kappa shape index (κ2) is 8.51. The molecule has 0 unspecified atom stereocenters. The molecule has 4 rings (SSSR count). The molecule has 2 amide bonds. The number of amides is 2. The van der Waals surface area contributed by atoms with Crippen molar-refractivity contribution in [3.8, 4) is 11.5 Å². The minimum absolute atomic E-state index is 0.102. The van der Waals surface area contributed by atoms with Crippen LogP contribution in [0.4, 0.5) is 5.69 Å². The third-order valence-electron chi connectivity index (χ3n) is 5.13. The molecule has 0 saturated heterocycles. The van der Waals surface area contributed by atoms with Crippen LogP contribution in [-0.4, -0.2) is 36.1 Å². The van der Waals surface area contributed by atoms with Crippen LogP contribution in [0.1, 0.15) is 40.1 Å². The fraction of sp³-hybridized carbons (Fsp3) is 0.208. The van der Waals surface area contributed by atoms with Crippen LogP contribution in [0.5, 0.6) is 11.5 Å². The largest absolute Gasteiger partial charge is 0.493 e. The highest BCUT2D eigenvalue weighted by Gasteiger charge is 2.42. The number of halogens is 1. The first kappa shape index (κ1) is 21.6. The number of carbonyl (C=O) groups is 3. The average molecular weight is 454 g/mol. The predicted molar refractivity (Wildman–Crippen MR) is 120 cm³/mol. The molecule has 0 radical (unpaired) electrons. The summed E-state index contributed by atoms with van der Waals surface area (Å²) in [6.07, 6.45) is -0.223. The topological polar surface area (TPSA) is 93.1 Å². The van der Waals surface area contributed by atoms with Gasteiger partial charge in [-0.25, -0.2) is 4.90 Å². The fourth-order valence-corrected chi connectivity index (χ4v) is 4.21. The van der Waals surface area contributed by atoms with Crippen molar-refractivity contribution in [3.63, 3.8) is 0 Å². The van der Waals surface area contributed by atoms with Gasteiger partial charge in [-0.3, -0.25) is 14.4 Å². The second-order valence-electron chi connectivity index (χ2n) is 7.15. The van der Waals surface area contributed by atoms with E-state index < -0.39 is 17.8 Å². The number of anilines is 1. The highest BCUT2D eigenvalue weighted by atomic mass is 35.5. The molecule has 3 aromatic carbocycles. The molecule has 1 aliphatic heterocycles. The van der Waals surface area contributed by atoms with E-state index in [1.807, 2.05) is 19.1 Å². The highest BCUT2D eigenvalue weighted by Crippen LogP contribution is 2.43. The Morgan fingerprint density at radius 2 is 1.66 bits per heavy atom. The molecule has 7 nitrogen and oxygen atoms in total. The molecule has 1 aliphatic rings. The van der Waals surface area contributed by atoms with Gasteiger partial charge in [-0.2, -0.15) is 0 Å². The van der Waals surface area contributed by atoms with Crippen LogP contribution in [0.2, 0.25) is 5.02 Å². The monoisotopic (exact) mass is 453 g/mol.